The first kappa shape index (κ1) is 17.1. The first-order valence-corrected chi connectivity index (χ1v) is 7.82. The molecule has 0 bridgehead atoms. The average molecular weight is 320 g/mol. The van der Waals surface area contributed by atoms with E-state index in [2.05, 4.69) is 10.6 Å². The molecule has 1 aliphatic rings. The topological polar surface area (TPSA) is 76.7 Å². The molecule has 6 heteroatoms. The second kappa shape index (κ2) is 7.35. The number of rotatable bonds is 5. The van der Waals surface area contributed by atoms with E-state index >= 15 is 0 Å². The van der Waals surface area contributed by atoms with Gasteiger partial charge in [-0.15, -0.1) is 0 Å². The Morgan fingerprint density at radius 1 is 1.26 bits per heavy atom. The molecule has 1 fully saturated rings. The average Bonchev–Trinajstić information content (AvgIpc) is 2.72. The van der Waals surface area contributed by atoms with E-state index in [9.17, 15) is 9.59 Å². The zero-order chi connectivity index (χ0) is 16.9. The van der Waals surface area contributed by atoms with Crippen LogP contribution in [0.15, 0.2) is 24.3 Å². The van der Waals surface area contributed by atoms with Gasteiger partial charge in [-0.1, -0.05) is 12.1 Å². The number of hydrogen-bond donors (Lipinski definition) is 2. The molecule has 1 aromatic rings. The summed E-state index contributed by atoms with van der Waals surface area (Å²) in [5.41, 5.74) is -1.04. The number of benzene rings is 1. The van der Waals surface area contributed by atoms with Crippen molar-refractivity contribution in [1.82, 2.24) is 10.6 Å². The summed E-state index contributed by atoms with van der Waals surface area (Å²) in [5, 5.41) is 5.78. The molecule has 0 spiro atoms. The molecule has 2 amide bonds. The molecule has 2 rings (SSSR count). The third-order valence-electron chi connectivity index (χ3n) is 3.85. The predicted octanol–water partition coefficient (Wildman–Crippen LogP) is 1.64. The number of carbonyl (C=O) groups is 2. The minimum absolute atomic E-state index is 0.0259. The summed E-state index contributed by atoms with van der Waals surface area (Å²) >= 11 is 0. The second-order valence-electron chi connectivity index (χ2n) is 6.11. The van der Waals surface area contributed by atoms with Gasteiger partial charge in [0.25, 0.3) is 5.91 Å². The Kier molecular flexibility index (Phi) is 5.47. The standard InChI is InChI=1S/C17H24N2O4/c1-17(2,23-14-7-5-4-6-13(14)22-3)16(21)19-12-8-9-15(20)18-11-10-12/h4-7,12H,8-11H2,1-3H3,(H,18,20)(H,19,21). The number of carbonyl (C=O) groups excluding carboxylic acids is 2. The van der Waals surface area contributed by atoms with E-state index in [0.29, 0.717) is 30.9 Å². The highest BCUT2D eigenvalue weighted by molar-refractivity contribution is 5.85. The summed E-state index contributed by atoms with van der Waals surface area (Å²) in [6, 6.07) is 7.19. The molecular weight excluding hydrogens is 296 g/mol. The van der Waals surface area contributed by atoms with E-state index in [0.717, 1.165) is 6.42 Å². The Balaban J connectivity index is 2.00. The van der Waals surface area contributed by atoms with Crippen molar-refractivity contribution in [3.8, 4) is 11.5 Å². The summed E-state index contributed by atoms with van der Waals surface area (Å²) in [7, 11) is 1.56. The van der Waals surface area contributed by atoms with Crippen molar-refractivity contribution in [2.45, 2.75) is 44.8 Å². The van der Waals surface area contributed by atoms with Crippen LogP contribution in [0.3, 0.4) is 0 Å². The zero-order valence-corrected chi connectivity index (χ0v) is 13.8. The van der Waals surface area contributed by atoms with Crippen molar-refractivity contribution in [2.75, 3.05) is 13.7 Å². The molecule has 1 aromatic carbocycles. The third kappa shape index (κ3) is 4.61. The largest absolute Gasteiger partial charge is 0.493 e. The van der Waals surface area contributed by atoms with Gasteiger partial charge in [-0.3, -0.25) is 9.59 Å². The van der Waals surface area contributed by atoms with E-state index in [-0.39, 0.29) is 17.9 Å². The van der Waals surface area contributed by atoms with E-state index in [4.69, 9.17) is 9.47 Å². The number of ether oxygens (including phenoxy) is 2. The molecule has 1 heterocycles. The maximum Gasteiger partial charge on any atom is 0.263 e. The van der Waals surface area contributed by atoms with Crippen molar-refractivity contribution in [3.05, 3.63) is 24.3 Å². The normalized spacial score (nSPS) is 18.6. The van der Waals surface area contributed by atoms with E-state index < -0.39 is 5.60 Å². The molecule has 0 aromatic heterocycles. The lowest BCUT2D eigenvalue weighted by Crippen LogP contribution is -2.50. The number of methoxy groups -OCH3 is 1. The smallest absolute Gasteiger partial charge is 0.263 e. The summed E-state index contributed by atoms with van der Waals surface area (Å²) in [6.45, 7) is 4.02. The van der Waals surface area contributed by atoms with Gasteiger partial charge in [0.15, 0.2) is 17.1 Å². The number of para-hydroxylation sites is 2. The monoisotopic (exact) mass is 320 g/mol. The Morgan fingerprint density at radius 3 is 2.65 bits per heavy atom. The third-order valence-corrected chi connectivity index (χ3v) is 3.85. The molecule has 2 N–H and O–H groups in total. The lowest BCUT2D eigenvalue weighted by molar-refractivity contribution is -0.135. The fraction of sp³-hybridized carbons (Fsp3) is 0.529. The molecule has 0 radical (unpaired) electrons. The minimum atomic E-state index is -1.04. The predicted molar refractivity (Wildman–Crippen MR) is 86.5 cm³/mol. The van der Waals surface area contributed by atoms with Crippen LogP contribution in [0.1, 0.15) is 33.1 Å². The van der Waals surface area contributed by atoms with Gasteiger partial charge < -0.3 is 20.1 Å². The SMILES string of the molecule is COc1ccccc1OC(C)(C)C(=O)NC1CCNC(=O)CC1. The Bertz CT molecular complexity index is 571. The Hall–Kier alpha value is -2.24. The summed E-state index contributed by atoms with van der Waals surface area (Å²) < 4.78 is 11.1. The van der Waals surface area contributed by atoms with Crippen LogP contribution in [0.25, 0.3) is 0 Å². The van der Waals surface area contributed by atoms with E-state index in [1.54, 1.807) is 33.1 Å². The first-order valence-electron chi connectivity index (χ1n) is 7.82. The van der Waals surface area contributed by atoms with Crippen molar-refractivity contribution >= 4 is 11.8 Å². The van der Waals surface area contributed by atoms with Crippen molar-refractivity contribution in [3.63, 3.8) is 0 Å². The van der Waals surface area contributed by atoms with Crippen LogP contribution in [0.2, 0.25) is 0 Å². The van der Waals surface area contributed by atoms with Gasteiger partial charge in [-0.25, -0.2) is 0 Å². The minimum Gasteiger partial charge on any atom is -0.493 e. The molecule has 1 unspecified atom stereocenters. The van der Waals surface area contributed by atoms with Crippen LogP contribution in [-0.2, 0) is 9.59 Å². The van der Waals surface area contributed by atoms with Gasteiger partial charge in [0, 0.05) is 19.0 Å². The molecular formula is C17H24N2O4. The molecule has 126 valence electrons. The van der Waals surface area contributed by atoms with Gasteiger partial charge in [-0.2, -0.15) is 0 Å². The van der Waals surface area contributed by atoms with Crippen molar-refractivity contribution in [2.24, 2.45) is 0 Å². The first-order chi connectivity index (χ1) is 10.9. The molecule has 1 aliphatic heterocycles. The second-order valence-corrected chi connectivity index (χ2v) is 6.11. The molecule has 0 saturated carbocycles. The van der Waals surface area contributed by atoms with Crippen LogP contribution >= 0.6 is 0 Å². The highest BCUT2D eigenvalue weighted by atomic mass is 16.5. The van der Waals surface area contributed by atoms with Crippen LogP contribution in [-0.4, -0.2) is 37.1 Å². The van der Waals surface area contributed by atoms with E-state index in [1.807, 2.05) is 12.1 Å². The number of nitrogens with one attached hydrogen (secondary N) is 2. The van der Waals surface area contributed by atoms with Crippen LogP contribution in [0.5, 0.6) is 11.5 Å². The zero-order valence-electron chi connectivity index (χ0n) is 13.8. The lowest BCUT2D eigenvalue weighted by Gasteiger charge is -2.28. The van der Waals surface area contributed by atoms with E-state index in [1.165, 1.54) is 0 Å². The Labute approximate surface area is 136 Å². The quantitative estimate of drug-likeness (QED) is 0.865. The van der Waals surface area contributed by atoms with Gasteiger partial charge in [0.1, 0.15) is 0 Å². The van der Waals surface area contributed by atoms with Crippen molar-refractivity contribution < 1.29 is 19.1 Å². The van der Waals surface area contributed by atoms with Crippen molar-refractivity contribution in [1.29, 1.82) is 0 Å². The fourth-order valence-corrected chi connectivity index (χ4v) is 2.45. The van der Waals surface area contributed by atoms with Crippen LogP contribution in [0.4, 0.5) is 0 Å². The number of hydrogen-bond acceptors (Lipinski definition) is 4. The van der Waals surface area contributed by atoms with Gasteiger partial charge in [0.2, 0.25) is 5.91 Å². The maximum atomic E-state index is 12.5. The fourth-order valence-electron chi connectivity index (χ4n) is 2.45. The highest BCUT2D eigenvalue weighted by Gasteiger charge is 2.32. The van der Waals surface area contributed by atoms with Crippen LogP contribution in [0, 0.1) is 0 Å². The van der Waals surface area contributed by atoms with Gasteiger partial charge >= 0.3 is 0 Å². The molecule has 6 nitrogen and oxygen atoms in total. The molecule has 1 atom stereocenters. The number of amides is 2. The summed E-state index contributed by atoms with van der Waals surface area (Å²) in [5.74, 6) is 0.930. The van der Waals surface area contributed by atoms with Gasteiger partial charge in [-0.05, 0) is 38.8 Å². The Morgan fingerprint density at radius 2 is 1.96 bits per heavy atom. The molecule has 1 saturated heterocycles. The molecule has 0 aliphatic carbocycles. The van der Waals surface area contributed by atoms with Gasteiger partial charge in [0.05, 0.1) is 7.11 Å². The molecule has 23 heavy (non-hydrogen) atoms. The highest BCUT2D eigenvalue weighted by Crippen LogP contribution is 2.29. The summed E-state index contributed by atoms with van der Waals surface area (Å²) in [4.78, 5) is 23.9. The van der Waals surface area contributed by atoms with Crippen LogP contribution < -0.4 is 20.1 Å². The lowest BCUT2D eigenvalue weighted by atomic mass is 10.0. The summed E-state index contributed by atoms with van der Waals surface area (Å²) in [6.07, 6.45) is 1.79. The maximum absolute atomic E-state index is 12.5.